The number of carbonyl (C=O) groups excluding carboxylic acids is 3. The molecular formula is C24H34N4O6. The van der Waals surface area contributed by atoms with Crippen LogP contribution >= 0.6 is 0 Å². The Bertz CT molecular complexity index is 942. The Labute approximate surface area is 199 Å². The first-order chi connectivity index (χ1) is 16.0. The number of rotatable bonds is 7. The van der Waals surface area contributed by atoms with Gasteiger partial charge in [0, 0.05) is 51.4 Å². The van der Waals surface area contributed by atoms with Gasteiger partial charge in [-0.3, -0.25) is 14.5 Å². The minimum absolute atomic E-state index is 0.0781. The number of hydrogen-bond acceptors (Lipinski definition) is 5. The van der Waals surface area contributed by atoms with Gasteiger partial charge < -0.3 is 25.0 Å². The van der Waals surface area contributed by atoms with E-state index in [4.69, 9.17) is 9.84 Å². The van der Waals surface area contributed by atoms with Crippen LogP contribution in [-0.2, 0) is 27.2 Å². The Kier molecular flexibility index (Phi) is 8.01. The maximum atomic E-state index is 12.9. The van der Waals surface area contributed by atoms with Crippen molar-refractivity contribution in [2.24, 2.45) is 0 Å². The summed E-state index contributed by atoms with van der Waals surface area (Å²) in [4.78, 5) is 52.9. The Balaban J connectivity index is 1.55. The number of benzene rings is 1. The number of nitrogens with zero attached hydrogens (tertiary/aromatic N) is 3. The first-order valence-corrected chi connectivity index (χ1v) is 11.7. The molecular weight excluding hydrogens is 440 g/mol. The smallest absolute Gasteiger partial charge is 0.410 e. The van der Waals surface area contributed by atoms with E-state index >= 15 is 0 Å². The van der Waals surface area contributed by atoms with Crippen LogP contribution in [0.4, 0.5) is 15.3 Å². The topological polar surface area (TPSA) is 119 Å². The van der Waals surface area contributed by atoms with Gasteiger partial charge in [0.1, 0.15) is 5.60 Å². The molecule has 1 fully saturated rings. The highest BCUT2D eigenvalue weighted by Gasteiger charge is 2.30. The van der Waals surface area contributed by atoms with Gasteiger partial charge in [-0.05, 0) is 56.9 Å². The Morgan fingerprint density at radius 3 is 2.41 bits per heavy atom. The van der Waals surface area contributed by atoms with Crippen molar-refractivity contribution in [1.29, 1.82) is 0 Å². The zero-order valence-corrected chi connectivity index (χ0v) is 20.1. The molecule has 10 nitrogen and oxygen atoms in total. The Morgan fingerprint density at radius 2 is 1.74 bits per heavy atom. The number of nitrogens with one attached hydrogen (secondary N) is 1. The average Bonchev–Trinajstić information content (AvgIpc) is 2.97. The first kappa shape index (κ1) is 25.3. The zero-order valence-electron chi connectivity index (χ0n) is 20.1. The molecule has 0 aromatic heterocycles. The number of anilines is 1. The summed E-state index contributed by atoms with van der Waals surface area (Å²) >= 11 is 0. The Morgan fingerprint density at radius 1 is 1.03 bits per heavy atom. The maximum absolute atomic E-state index is 12.9. The fraction of sp³-hybridized carbons (Fsp3) is 0.583. The van der Waals surface area contributed by atoms with Crippen LogP contribution in [0.25, 0.3) is 0 Å². The number of fused-ring (bicyclic) bond motifs is 1. The van der Waals surface area contributed by atoms with Crippen molar-refractivity contribution < 1.29 is 29.0 Å². The van der Waals surface area contributed by atoms with Crippen LogP contribution in [0.5, 0.6) is 0 Å². The molecule has 4 amide bonds. The van der Waals surface area contributed by atoms with Gasteiger partial charge in [-0.15, -0.1) is 0 Å². The number of hydrogen-bond donors (Lipinski definition) is 2. The number of carboxylic acids is 1. The number of amides is 4. The number of carbonyl (C=O) groups is 4. The quantitative estimate of drug-likeness (QED) is 0.626. The van der Waals surface area contributed by atoms with Gasteiger partial charge in [-0.25, -0.2) is 9.59 Å². The second-order valence-corrected chi connectivity index (χ2v) is 9.59. The normalized spacial score (nSPS) is 16.2. The monoisotopic (exact) mass is 474 g/mol. The highest BCUT2D eigenvalue weighted by molar-refractivity contribution is 5.94. The first-order valence-electron chi connectivity index (χ1n) is 11.7. The van der Waals surface area contributed by atoms with E-state index in [1.807, 2.05) is 39.0 Å². The summed E-state index contributed by atoms with van der Waals surface area (Å²) in [6.45, 7) is 8.12. The van der Waals surface area contributed by atoms with Crippen LogP contribution in [0.3, 0.4) is 0 Å². The van der Waals surface area contributed by atoms with Gasteiger partial charge in [-0.1, -0.05) is 6.07 Å². The lowest BCUT2D eigenvalue weighted by atomic mass is 10.0. The molecule has 34 heavy (non-hydrogen) atoms. The summed E-state index contributed by atoms with van der Waals surface area (Å²) in [6.07, 6.45) is 1.11. The molecule has 0 unspecified atom stereocenters. The molecule has 2 N–H and O–H groups in total. The molecule has 0 saturated carbocycles. The second kappa shape index (κ2) is 10.8. The van der Waals surface area contributed by atoms with E-state index in [1.54, 1.807) is 14.7 Å². The molecule has 2 aliphatic heterocycles. The second-order valence-electron chi connectivity index (χ2n) is 9.59. The molecule has 2 aliphatic rings. The lowest BCUT2D eigenvalue weighted by Gasteiger charge is -2.26. The van der Waals surface area contributed by atoms with Crippen molar-refractivity contribution in [2.45, 2.75) is 52.1 Å². The van der Waals surface area contributed by atoms with E-state index in [1.165, 1.54) is 0 Å². The predicted molar refractivity (Wildman–Crippen MR) is 126 cm³/mol. The van der Waals surface area contributed by atoms with Crippen LogP contribution < -0.4 is 10.2 Å². The van der Waals surface area contributed by atoms with Crippen LogP contribution in [0.1, 0.15) is 44.7 Å². The Hall–Kier alpha value is -3.30. The van der Waals surface area contributed by atoms with Gasteiger partial charge in [0.15, 0.2) is 0 Å². The lowest BCUT2D eigenvalue weighted by Crippen LogP contribution is -2.38. The van der Waals surface area contributed by atoms with Gasteiger partial charge in [0.2, 0.25) is 5.91 Å². The average molecular weight is 475 g/mol. The standard InChI is InChI=1S/C24H34N4O6/c1-24(2,3)34-23(33)27-11-7-17-4-5-19(16-18(17)8-12-27)28-15-14-26(22(28)32)13-9-20(29)25-10-6-21(30)31/h4-5,16H,6-15H2,1-3H3,(H,25,29)(H,30,31). The van der Waals surface area contributed by atoms with E-state index in [0.29, 0.717) is 32.6 Å². The highest BCUT2D eigenvalue weighted by atomic mass is 16.6. The maximum Gasteiger partial charge on any atom is 0.410 e. The number of aliphatic carboxylic acids is 1. The van der Waals surface area contributed by atoms with Crippen LogP contribution in [0.2, 0.25) is 0 Å². The van der Waals surface area contributed by atoms with Gasteiger partial charge in [0.05, 0.1) is 6.42 Å². The minimum Gasteiger partial charge on any atom is -0.481 e. The van der Waals surface area contributed by atoms with Crippen LogP contribution in [0, 0.1) is 0 Å². The van der Waals surface area contributed by atoms with Crippen molar-refractivity contribution in [3.63, 3.8) is 0 Å². The van der Waals surface area contributed by atoms with Crippen molar-refractivity contribution in [3.05, 3.63) is 29.3 Å². The summed E-state index contributed by atoms with van der Waals surface area (Å²) < 4.78 is 5.51. The molecule has 2 heterocycles. The third-order valence-electron chi connectivity index (χ3n) is 5.82. The van der Waals surface area contributed by atoms with Crippen molar-refractivity contribution in [1.82, 2.24) is 15.1 Å². The molecule has 10 heteroatoms. The summed E-state index contributed by atoms with van der Waals surface area (Å²) in [7, 11) is 0. The number of urea groups is 1. The van der Waals surface area contributed by atoms with Gasteiger partial charge in [0.25, 0.3) is 0 Å². The predicted octanol–water partition coefficient (Wildman–Crippen LogP) is 2.25. The fourth-order valence-electron chi connectivity index (χ4n) is 4.05. The molecule has 1 aromatic rings. The third kappa shape index (κ3) is 6.85. The van der Waals surface area contributed by atoms with Crippen LogP contribution in [-0.4, -0.2) is 83.8 Å². The summed E-state index contributed by atoms with van der Waals surface area (Å²) in [5, 5.41) is 11.2. The molecule has 1 aromatic carbocycles. The van der Waals surface area contributed by atoms with E-state index < -0.39 is 11.6 Å². The molecule has 0 radical (unpaired) electrons. The molecule has 0 aliphatic carbocycles. The minimum atomic E-state index is -0.969. The number of ether oxygens (including phenoxy) is 1. The van der Waals surface area contributed by atoms with Crippen molar-refractivity contribution >= 4 is 29.7 Å². The lowest BCUT2D eigenvalue weighted by molar-refractivity contribution is -0.136. The molecule has 0 bridgehead atoms. The largest absolute Gasteiger partial charge is 0.481 e. The van der Waals surface area contributed by atoms with Crippen molar-refractivity contribution in [3.8, 4) is 0 Å². The molecule has 3 rings (SSSR count). The molecule has 0 spiro atoms. The highest BCUT2D eigenvalue weighted by Crippen LogP contribution is 2.26. The zero-order chi connectivity index (χ0) is 24.9. The SMILES string of the molecule is CC(C)(C)OC(=O)N1CCc2ccc(N3CCN(CCC(=O)NCCC(=O)O)C3=O)cc2CC1. The van der Waals surface area contributed by atoms with Gasteiger partial charge in [-0.2, -0.15) is 0 Å². The number of carboxylic acid groups (broad SMARTS) is 1. The van der Waals surface area contributed by atoms with Gasteiger partial charge >= 0.3 is 18.1 Å². The van der Waals surface area contributed by atoms with E-state index in [2.05, 4.69) is 5.32 Å². The van der Waals surface area contributed by atoms with E-state index in [-0.39, 0.29) is 44.0 Å². The molecule has 0 atom stereocenters. The van der Waals surface area contributed by atoms with Crippen LogP contribution in [0.15, 0.2) is 18.2 Å². The fourth-order valence-corrected chi connectivity index (χ4v) is 4.05. The molecule has 186 valence electrons. The summed E-state index contributed by atoms with van der Waals surface area (Å²) in [6, 6.07) is 5.83. The molecule has 1 saturated heterocycles. The summed E-state index contributed by atoms with van der Waals surface area (Å²) in [5.41, 5.74) is 2.55. The third-order valence-corrected chi connectivity index (χ3v) is 5.82. The van der Waals surface area contributed by atoms with Crippen molar-refractivity contribution in [2.75, 3.05) is 44.2 Å². The van der Waals surface area contributed by atoms with E-state index in [0.717, 1.165) is 23.2 Å². The van der Waals surface area contributed by atoms with E-state index in [9.17, 15) is 19.2 Å². The summed E-state index contributed by atoms with van der Waals surface area (Å²) in [5.74, 6) is -1.24.